The highest BCUT2D eigenvalue weighted by atomic mass is 16.4. The third-order valence-electron chi connectivity index (χ3n) is 3.96. The molecule has 0 aromatic heterocycles. The van der Waals surface area contributed by atoms with Crippen LogP contribution in [0.5, 0.6) is 0 Å². The first-order valence-electron chi connectivity index (χ1n) is 7.14. The highest BCUT2D eigenvalue weighted by molar-refractivity contribution is 5.94. The van der Waals surface area contributed by atoms with Crippen LogP contribution in [0, 0.1) is 11.8 Å². The first-order chi connectivity index (χ1) is 9.52. The fourth-order valence-corrected chi connectivity index (χ4v) is 2.74. The number of carbonyl (C=O) groups excluding carboxylic acids is 1. The van der Waals surface area contributed by atoms with Gasteiger partial charge in [-0.3, -0.25) is 9.59 Å². The van der Waals surface area contributed by atoms with E-state index in [0.717, 1.165) is 12.8 Å². The predicted molar refractivity (Wildman–Crippen MR) is 76.6 cm³/mol. The summed E-state index contributed by atoms with van der Waals surface area (Å²) in [4.78, 5) is 25.1. The summed E-state index contributed by atoms with van der Waals surface area (Å²) in [5, 5.41) is 9.11. The maximum atomic E-state index is 12.4. The SMILES string of the molecule is CCCc1ccc(C(=O)N2C[C@@H](C)[C@H](C(=O)O)C2)cc1. The Bertz CT molecular complexity index is 495. The molecule has 1 amide bonds. The Hall–Kier alpha value is -1.84. The lowest BCUT2D eigenvalue weighted by atomic mass is 9.99. The van der Waals surface area contributed by atoms with Crippen LogP contribution in [-0.2, 0) is 11.2 Å². The van der Waals surface area contributed by atoms with E-state index >= 15 is 0 Å². The minimum Gasteiger partial charge on any atom is -0.481 e. The standard InChI is InChI=1S/C16H21NO3/c1-3-4-12-5-7-13(8-6-12)15(18)17-9-11(2)14(10-17)16(19)20/h5-8,11,14H,3-4,9-10H2,1-2H3,(H,19,20)/t11-,14-/m1/s1. The maximum absolute atomic E-state index is 12.4. The van der Waals surface area contributed by atoms with E-state index < -0.39 is 11.9 Å². The topological polar surface area (TPSA) is 57.6 Å². The van der Waals surface area contributed by atoms with Gasteiger partial charge in [0.25, 0.3) is 5.91 Å². The van der Waals surface area contributed by atoms with Gasteiger partial charge in [-0.25, -0.2) is 0 Å². The van der Waals surface area contributed by atoms with Crippen molar-refractivity contribution in [1.29, 1.82) is 0 Å². The summed E-state index contributed by atoms with van der Waals surface area (Å²) in [6.45, 7) is 4.84. The van der Waals surface area contributed by atoms with Gasteiger partial charge in [-0.15, -0.1) is 0 Å². The normalized spacial score (nSPS) is 22.0. The molecule has 0 radical (unpaired) electrons. The molecule has 108 valence electrons. The molecule has 0 spiro atoms. The average Bonchev–Trinajstić information content (AvgIpc) is 2.81. The average molecular weight is 275 g/mol. The van der Waals surface area contributed by atoms with Gasteiger partial charge >= 0.3 is 5.97 Å². The van der Waals surface area contributed by atoms with Crippen molar-refractivity contribution in [1.82, 2.24) is 4.90 Å². The van der Waals surface area contributed by atoms with E-state index in [0.29, 0.717) is 18.7 Å². The highest BCUT2D eigenvalue weighted by Gasteiger charge is 2.37. The van der Waals surface area contributed by atoms with Crippen LogP contribution in [0.1, 0.15) is 36.2 Å². The minimum atomic E-state index is -0.814. The van der Waals surface area contributed by atoms with Gasteiger partial charge in [0, 0.05) is 18.7 Å². The van der Waals surface area contributed by atoms with Gasteiger partial charge in [0.05, 0.1) is 5.92 Å². The predicted octanol–water partition coefficient (Wildman–Crippen LogP) is 2.43. The molecule has 1 aromatic rings. The number of aliphatic carboxylic acids is 1. The summed E-state index contributed by atoms with van der Waals surface area (Å²) >= 11 is 0. The van der Waals surface area contributed by atoms with Gasteiger partial charge in [-0.05, 0) is 30.0 Å². The molecular formula is C16H21NO3. The molecule has 0 bridgehead atoms. The Balaban J connectivity index is 2.06. The monoisotopic (exact) mass is 275 g/mol. The third kappa shape index (κ3) is 3.00. The zero-order valence-electron chi connectivity index (χ0n) is 12.0. The molecule has 1 fully saturated rings. The van der Waals surface area contributed by atoms with Gasteiger partial charge in [0.1, 0.15) is 0 Å². The molecule has 0 saturated carbocycles. The van der Waals surface area contributed by atoms with Crippen LogP contribution in [0.15, 0.2) is 24.3 Å². The Kier molecular flexibility index (Phi) is 4.42. The van der Waals surface area contributed by atoms with Crippen molar-refractivity contribution in [3.63, 3.8) is 0 Å². The van der Waals surface area contributed by atoms with E-state index in [2.05, 4.69) is 6.92 Å². The quantitative estimate of drug-likeness (QED) is 0.918. The molecule has 1 N–H and O–H groups in total. The fraction of sp³-hybridized carbons (Fsp3) is 0.500. The molecule has 1 heterocycles. The minimum absolute atomic E-state index is 0.0100. The summed E-state index contributed by atoms with van der Waals surface area (Å²) in [6, 6.07) is 7.63. The summed E-state index contributed by atoms with van der Waals surface area (Å²) in [6.07, 6.45) is 2.09. The zero-order chi connectivity index (χ0) is 14.7. The van der Waals surface area contributed by atoms with Crippen LogP contribution >= 0.6 is 0 Å². The van der Waals surface area contributed by atoms with Gasteiger partial charge < -0.3 is 10.0 Å². The number of rotatable bonds is 4. The molecular weight excluding hydrogens is 254 g/mol. The maximum Gasteiger partial charge on any atom is 0.308 e. The zero-order valence-corrected chi connectivity index (χ0v) is 12.0. The summed E-state index contributed by atoms with van der Waals surface area (Å²) in [5.41, 5.74) is 1.87. The highest BCUT2D eigenvalue weighted by Crippen LogP contribution is 2.24. The van der Waals surface area contributed by atoms with Crippen molar-refractivity contribution < 1.29 is 14.7 Å². The van der Waals surface area contributed by atoms with Crippen LogP contribution in [-0.4, -0.2) is 35.0 Å². The number of hydrogen-bond acceptors (Lipinski definition) is 2. The van der Waals surface area contributed by atoms with E-state index in [1.807, 2.05) is 31.2 Å². The van der Waals surface area contributed by atoms with E-state index in [1.54, 1.807) is 4.90 Å². The molecule has 1 aliphatic rings. The Morgan fingerprint density at radius 2 is 1.90 bits per heavy atom. The van der Waals surface area contributed by atoms with Crippen LogP contribution in [0.25, 0.3) is 0 Å². The molecule has 20 heavy (non-hydrogen) atoms. The van der Waals surface area contributed by atoms with Crippen molar-refractivity contribution in [2.75, 3.05) is 13.1 Å². The molecule has 1 saturated heterocycles. The van der Waals surface area contributed by atoms with Crippen LogP contribution < -0.4 is 0 Å². The Labute approximate surface area is 119 Å². The molecule has 1 aliphatic heterocycles. The third-order valence-corrected chi connectivity index (χ3v) is 3.96. The number of nitrogens with zero attached hydrogens (tertiary/aromatic N) is 1. The number of carbonyl (C=O) groups is 2. The number of carboxylic acids is 1. The lowest BCUT2D eigenvalue weighted by Gasteiger charge is -2.16. The van der Waals surface area contributed by atoms with Gasteiger partial charge in [-0.2, -0.15) is 0 Å². The summed E-state index contributed by atoms with van der Waals surface area (Å²) < 4.78 is 0. The fourth-order valence-electron chi connectivity index (χ4n) is 2.74. The van der Waals surface area contributed by atoms with Gasteiger partial charge in [0.15, 0.2) is 0 Å². The van der Waals surface area contributed by atoms with Gasteiger partial charge in [0.2, 0.25) is 0 Å². The van der Waals surface area contributed by atoms with Gasteiger partial charge in [-0.1, -0.05) is 32.4 Å². The lowest BCUT2D eigenvalue weighted by molar-refractivity contribution is -0.142. The number of amides is 1. The number of carboxylic acid groups (broad SMARTS) is 1. The molecule has 0 unspecified atom stereocenters. The van der Waals surface area contributed by atoms with Crippen molar-refractivity contribution in [3.05, 3.63) is 35.4 Å². The largest absolute Gasteiger partial charge is 0.481 e. The summed E-state index contributed by atoms with van der Waals surface area (Å²) in [7, 11) is 0. The van der Waals surface area contributed by atoms with Crippen LogP contribution in [0.2, 0.25) is 0 Å². The van der Waals surface area contributed by atoms with Crippen LogP contribution in [0.4, 0.5) is 0 Å². The molecule has 2 atom stereocenters. The smallest absolute Gasteiger partial charge is 0.308 e. The van der Waals surface area contributed by atoms with Crippen LogP contribution in [0.3, 0.4) is 0 Å². The molecule has 4 nitrogen and oxygen atoms in total. The van der Waals surface area contributed by atoms with Crippen molar-refractivity contribution in [3.8, 4) is 0 Å². The lowest BCUT2D eigenvalue weighted by Crippen LogP contribution is -2.29. The second-order valence-corrected chi connectivity index (χ2v) is 5.58. The molecule has 0 aliphatic carbocycles. The van der Waals surface area contributed by atoms with E-state index in [-0.39, 0.29) is 11.8 Å². The van der Waals surface area contributed by atoms with E-state index in [9.17, 15) is 9.59 Å². The molecule has 1 aromatic carbocycles. The first kappa shape index (κ1) is 14.6. The van der Waals surface area contributed by atoms with E-state index in [1.165, 1.54) is 5.56 Å². The Morgan fingerprint density at radius 3 is 2.40 bits per heavy atom. The number of hydrogen-bond donors (Lipinski definition) is 1. The molecule has 2 rings (SSSR count). The Morgan fingerprint density at radius 1 is 1.25 bits per heavy atom. The van der Waals surface area contributed by atoms with Crippen molar-refractivity contribution >= 4 is 11.9 Å². The first-order valence-corrected chi connectivity index (χ1v) is 7.14. The summed E-state index contributed by atoms with van der Waals surface area (Å²) in [5.74, 6) is -1.32. The van der Waals surface area contributed by atoms with Crippen molar-refractivity contribution in [2.24, 2.45) is 11.8 Å². The van der Waals surface area contributed by atoms with Crippen molar-refractivity contribution in [2.45, 2.75) is 26.7 Å². The number of likely N-dealkylation sites (tertiary alicyclic amines) is 1. The second kappa shape index (κ2) is 6.07. The number of benzene rings is 1. The second-order valence-electron chi connectivity index (χ2n) is 5.58. The number of aryl methyl sites for hydroxylation is 1. The van der Waals surface area contributed by atoms with E-state index in [4.69, 9.17) is 5.11 Å². The molecule has 4 heteroatoms.